The van der Waals surface area contributed by atoms with Crippen molar-refractivity contribution in [1.82, 2.24) is 14.9 Å². The van der Waals surface area contributed by atoms with Crippen LogP contribution in [0.2, 0.25) is 0 Å². The highest BCUT2D eigenvalue weighted by Crippen LogP contribution is 2.31. The van der Waals surface area contributed by atoms with Crippen LogP contribution in [0.3, 0.4) is 0 Å². The van der Waals surface area contributed by atoms with Gasteiger partial charge in [-0.25, -0.2) is 14.6 Å². The van der Waals surface area contributed by atoms with Crippen LogP contribution >= 0.6 is 0 Å². The number of pyridine rings is 1. The fraction of sp³-hybridized carbons (Fsp3) is 0.250. The van der Waals surface area contributed by atoms with E-state index in [9.17, 15) is 9.59 Å². The summed E-state index contributed by atoms with van der Waals surface area (Å²) in [5.74, 6) is -0.160. The molecule has 0 aliphatic heterocycles. The molecule has 0 fully saturated rings. The Labute approximate surface area is 225 Å². The number of anilines is 2. The van der Waals surface area contributed by atoms with Crippen molar-refractivity contribution < 1.29 is 19.1 Å². The van der Waals surface area contributed by atoms with E-state index in [1.54, 1.807) is 57.2 Å². The van der Waals surface area contributed by atoms with Crippen LogP contribution in [0.1, 0.15) is 26.3 Å². The molecule has 4 rings (SSSR count). The zero-order valence-corrected chi connectivity index (χ0v) is 22.2. The Bertz CT molecular complexity index is 1540. The van der Waals surface area contributed by atoms with Gasteiger partial charge in [0.2, 0.25) is 0 Å². The molecule has 11 nitrogen and oxygen atoms in total. The number of alkyl carbamates (subject to hydrolysis) is 1. The molecule has 0 radical (unpaired) electrons. The number of nitrogen functional groups attached to an aromatic ring is 2. The van der Waals surface area contributed by atoms with E-state index < -0.39 is 23.7 Å². The maximum Gasteiger partial charge on any atom is 0.408 e. The SMILES string of the molecule is Cn1cc(C[C@H](NC(=O)OC(C)(C)C)C(=O)Oc2ccccc2N=Nc2ccc(N)nc2N)c2ccccc21. The maximum absolute atomic E-state index is 13.5. The number of benzene rings is 2. The molecule has 0 aliphatic rings. The van der Waals surface area contributed by atoms with Gasteiger partial charge in [-0.05, 0) is 56.7 Å². The lowest BCUT2D eigenvalue weighted by Gasteiger charge is -2.23. The first kappa shape index (κ1) is 27.1. The van der Waals surface area contributed by atoms with Crippen molar-refractivity contribution in [3.63, 3.8) is 0 Å². The van der Waals surface area contributed by atoms with E-state index in [0.717, 1.165) is 16.5 Å². The number of carbonyl (C=O) groups excluding carboxylic acids is 2. The standard InChI is InChI=1S/C28H31N7O4/c1-28(2,3)39-27(37)31-21(15-17-16-35(4)22-11-7-5-9-18(17)22)26(36)38-23-12-8-6-10-19(23)33-34-20-13-14-24(29)32-25(20)30/h5-14,16,21H,15H2,1-4H3,(H,31,37)(H4,29,30,32)/t21-/m0/s1. The smallest absolute Gasteiger partial charge is 0.408 e. The Morgan fingerprint density at radius 1 is 1.00 bits per heavy atom. The van der Waals surface area contributed by atoms with E-state index in [1.807, 2.05) is 42.1 Å². The van der Waals surface area contributed by atoms with Crippen molar-refractivity contribution in [3.05, 3.63) is 72.4 Å². The van der Waals surface area contributed by atoms with Crippen molar-refractivity contribution in [2.75, 3.05) is 11.5 Å². The van der Waals surface area contributed by atoms with E-state index in [1.165, 1.54) is 0 Å². The van der Waals surface area contributed by atoms with Gasteiger partial charge in [0.05, 0.1) is 0 Å². The second-order valence-electron chi connectivity index (χ2n) is 9.91. The molecule has 1 atom stereocenters. The highest BCUT2D eigenvalue weighted by molar-refractivity contribution is 5.87. The van der Waals surface area contributed by atoms with Gasteiger partial charge in [0.15, 0.2) is 11.6 Å². The van der Waals surface area contributed by atoms with Crippen molar-refractivity contribution >= 4 is 46.0 Å². The van der Waals surface area contributed by atoms with Crippen molar-refractivity contribution in [2.45, 2.75) is 38.8 Å². The summed E-state index contributed by atoms with van der Waals surface area (Å²) in [5.41, 5.74) is 13.2. The second-order valence-corrected chi connectivity index (χ2v) is 9.91. The van der Waals surface area contributed by atoms with Crippen LogP contribution in [0.4, 0.5) is 27.8 Å². The van der Waals surface area contributed by atoms with E-state index in [4.69, 9.17) is 20.9 Å². The molecule has 2 aromatic heterocycles. The highest BCUT2D eigenvalue weighted by Gasteiger charge is 2.28. The molecule has 4 aromatic rings. The highest BCUT2D eigenvalue weighted by atomic mass is 16.6. The van der Waals surface area contributed by atoms with Gasteiger partial charge in [-0.1, -0.05) is 30.3 Å². The second kappa shape index (κ2) is 11.2. The van der Waals surface area contributed by atoms with Crippen molar-refractivity contribution in [1.29, 1.82) is 0 Å². The summed E-state index contributed by atoms with van der Waals surface area (Å²) >= 11 is 0. The molecule has 2 aromatic carbocycles. The van der Waals surface area contributed by atoms with Crippen LogP contribution in [-0.4, -0.2) is 33.3 Å². The van der Waals surface area contributed by atoms with E-state index in [0.29, 0.717) is 5.69 Å². The Morgan fingerprint density at radius 2 is 1.69 bits per heavy atom. The molecule has 0 saturated heterocycles. The molecule has 1 amide bonds. The topological polar surface area (TPSA) is 159 Å². The van der Waals surface area contributed by atoms with Gasteiger partial charge in [-0.3, -0.25) is 0 Å². The fourth-order valence-electron chi connectivity index (χ4n) is 3.93. The minimum absolute atomic E-state index is 0.116. The number of nitrogens with one attached hydrogen (secondary N) is 1. The third-order valence-corrected chi connectivity index (χ3v) is 5.64. The number of fused-ring (bicyclic) bond motifs is 1. The number of nitrogens with zero attached hydrogens (tertiary/aromatic N) is 4. The number of hydrogen-bond acceptors (Lipinski definition) is 9. The number of azo groups is 1. The van der Waals surface area contributed by atoms with Crippen LogP contribution < -0.4 is 21.5 Å². The van der Waals surface area contributed by atoms with Crippen LogP contribution in [0.25, 0.3) is 10.9 Å². The third-order valence-electron chi connectivity index (χ3n) is 5.64. The molecule has 0 unspecified atom stereocenters. The lowest BCUT2D eigenvalue weighted by Crippen LogP contribution is -2.46. The molecular weight excluding hydrogens is 498 g/mol. The number of aromatic nitrogens is 2. The van der Waals surface area contributed by atoms with Gasteiger partial charge in [0, 0.05) is 30.6 Å². The number of ether oxygens (including phenoxy) is 2. The Balaban J connectivity index is 1.60. The predicted octanol–water partition coefficient (Wildman–Crippen LogP) is 5.19. The molecule has 0 spiro atoms. The summed E-state index contributed by atoms with van der Waals surface area (Å²) in [6, 6.07) is 16.5. The molecule has 0 saturated carbocycles. The maximum atomic E-state index is 13.5. The Morgan fingerprint density at radius 3 is 2.44 bits per heavy atom. The zero-order valence-electron chi connectivity index (χ0n) is 22.2. The number of amides is 1. The summed E-state index contributed by atoms with van der Waals surface area (Å²) in [7, 11) is 1.92. The summed E-state index contributed by atoms with van der Waals surface area (Å²) < 4.78 is 13.1. The molecule has 0 bridgehead atoms. The summed E-state index contributed by atoms with van der Waals surface area (Å²) in [5, 5.41) is 11.9. The van der Waals surface area contributed by atoms with Gasteiger partial charge >= 0.3 is 12.1 Å². The quantitative estimate of drug-likeness (QED) is 0.169. The molecule has 11 heteroatoms. The van der Waals surface area contributed by atoms with Gasteiger partial charge in [0.25, 0.3) is 0 Å². The number of rotatable bonds is 7. The number of esters is 1. The van der Waals surface area contributed by atoms with Crippen LogP contribution in [0, 0.1) is 0 Å². The van der Waals surface area contributed by atoms with Crippen LogP contribution in [0.15, 0.2) is 77.1 Å². The summed E-state index contributed by atoms with van der Waals surface area (Å²) in [6.07, 6.45) is 1.37. The van der Waals surface area contributed by atoms with E-state index in [2.05, 4.69) is 20.5 Å². The monoisotopic (exact) mass is 529 g/mol. The van der Waals surface area contributed by atoms with Gasteiger partial charge in [0.1, 0.15) is 28.8 Å². The number of hydrogen-bond donors (Lipinski definition) is 3. The number of aryl methyl sites for hydroxylation is 1. The number of nitrogens with two attached hydrogens (primary N) is 2. The summed E-state index contributed by atoms with van der Waals surface area (Å²) in [4.78, 5) is 30.1. The first-order chi connectivity index (χ1) is 18.5. The molecular formula is C28H31N7O4. The van der Waals surface area contributed by atoms with Gasteiger partial charge in [-0.15, -0.1) is 10.2 Å². The fourth-order valence-corrected chi connectivity index (χ4v) is 3.93. The molecule has 5 N–H and O–H groups in total. The van der Waals surface area contributed by atoms with Crippen LogP contribution in [0.5, 0.6) is 5.75 Å². The third kappa shape index (κ3) is 6.89. The lowest BCUT2D eigenvalue weighted by molar-refractivity contribution is -0.136. The molecule has 39 heavy (non-hydrogen) atoms. The van der Waals surface area contributed by atoms with E-state index >= 15 is 0 Å². The summed E-state index contributed by atoms with van der Waals surface area (Å²) in [6.45, 7) is 5.24. The number of carbonyl (C=O) groups is 2. The normalized spacial score (nSPS) is 12.4. The first-order valence-corrected chi connectivity index (χ1v) is 12.3. The molecule has 0 aliphatic carbocycles. The largest absolute Gasteiger partial charge is 0.444 e. The Hall–Kier alpha value is -4.93. The minimum atomic E-state index is -1.05. The average Bonchev–Trinajstić information content (AvgIpc) is 3.18. The van der Waals surface area contributed by atoms with Gasteiger partial charge < -0.3 is 30.8 Å². The first-order valence-electron chi connectivity index (χ1n) is 12.3. The lowest BCUT2D eigenvalue weighted by atomic mass is 10.1. The van der Waals surface area contributed by atoms with E-state index in [-0.39, 0.29) is 29.5 Å². The number of para-hydroxylation sites is 2. The van der Waals surface area contributed by atoms with Gasteiger partial charge in [-0.2, -0.15) is 0 Å². The van der Waals surface area contributed by atoms with Crippen molar-refractivity contribution in [3.8, 4) is 5.75 Å². The van der Waals surface area contributed by atoms with Crippen molar-refractivity contribution in [2.24, 2.45) is 17.3 Å². The molecule has 2 heterocycles. The predicted molar refractivity (Wildman–Crippen MR) is 149 cm³/mol. The Kier molecular flexibility index (Phi) is 7.80. The minimum Gasteiger partial charge on any atom is -0.444 e. The zero-order chi connectivity index (χ0) is 28.2. The van der Waals surface area contributed by atoms with Crippen LogP contribution in [-0.2, 0) is 23.0 Å². The molecule has 202 valence electrons. The average molecular weight is 530 g/mol.